The molecule has 0 atom stereocenters. The van der Waals surface area contributed by atoms with Gasteiger partial charge in [-0.25, -0.2) is 8.42 Å². The van der Waals surface area contributed by atoms with Gasteiger partial charge < -0.3 is 15.2 Å². The summed E-state index contributed by atoms with van der Waals surface area (Å²) in [5.74, 6) is -1.30. The number of morpholine rings is 1. The lowest BCUT2D eigenvalue weighted by Crippen LogP contribution is -2.40. The Kier molecular flexibility index (Phi) is 6.38. The van der Waals surface area contributed by atoms with Gasteiger partial charge in [-0.2, -0.15) is 4.31 Å². The highest BCUT2D eigenvalue weighted by Gasteiger charge is 2.27. The number of carbonyl (C=O) groups is 2. The lowest BCUT2D eigenvalue weighted by molar-refractivity contribution is -0.147. The molecule has 0 spiro atoms. The average molecular weight is 384 g/mol. The number of aliphatic carboxylic acids is 1. The van der Waals surface area contributed by atoms with E-state index in [9.17, 15) is 18.0 Å². The second-order valence-corrected chi connectivity index (χ2v) is 8.67. The molecule has 1 fully saturated rings. The molecule has 2 rings (SSSR count). The van der Waals surface area contributed by atoms with Crippen LogP contribution in [-0.4, -0.2) is 62.6 Å². The molecule has 1 aromatic rings. The topological polar surface area (TPSA) is 113 Å². The van der Waals surface area contributed by atoms with Crippen molar-refractivity contribution in [1.29, 1.82) is 0 Å². The van der Waals surface area contributed by atoms with Gasteiger partial charge in [0.15, 0.2) is 0 Å². The zero-order valence-electron chi connectivity index (χ0n) is 14.9. The van der Waals surface area contributed by atoms with Crippen LogP contribution in [0.3, 0.4) is 0 Å². The summed E-state index contributed by atoms with van der Waals surface area (Å²) < 4.78 is 31.6. The summed E-state index contributed by atoms with van der Waals surface area (Å²) in [5, 5.41) is 11.7. The summed E-state index contributed by atoms with van der Waals surface area (Å²) in [4.78, 5) is 23.3. The summed E-state index contributed by atoms with van der Waals surface area (Å²) in [6.45, 7) is 4.75. The number of carboxylic acids is 1. The molecule has 9 heteroatoms. The van der Waals surface area contributed by atoms with Crippen LogP contribution in [0.4, 0.5) is 0 Å². The molecular weight excluding hydrogens is 360 g/mol. The quantitative estimate of drug-likeness (QED) is 0.723. The third-order valence-electron chi connectivity index (χ3n) is 4.34. The number of amides is 1. The highest BCUT2D eigenvalue weighted by molar-refractivity contribution is 7.89. The standard InChI is InChI=1S/C17H24N2O6S/c1-17(2,16(21)22)7-8-18-15(20)13-3-5-14(6-4-13)26(23,24)19-9-11-25-12-10-19/h3-6H,7-12H2,1-2H3,(H,18,20)(H,21,22). The predicted octanol–water partition coefficient (Wildman–Crippen LogP) is 0.938. The molecule has 26 heavy (non-hydrogen) atoms. The summed E-state index contributed by atoms with van der Waals surface area (Å²) in [5.41, 5.74) is -0.609. The Bertz CT molecular complexity index is 752. The van der Waals surface area contributed by atoms with Gasteiger partial charge in [0.2, 0.25) is 10.0 Å². The third-order valence-corrected chi connectivity index (χ3v) is 6.25. The minimum atomic E-state index is -3.59. The van der Waals surface area contributed by atoms with Gasteiger partial charge in [-0.3, -0.25) is 9.59 Å². The van der Waals surface area contributed by atoms with Gasteiger partial charge in [-0.1, -0.05) is 0 Å². The van der Waals surface area contributed by atoms with Gasteiger partial charge in [0.05, 0.1) is 23.5 Å². The van der Waals surface area contributed by atoms with Crippen LogP contribution in [0.1, 0.15) is 30.6 Å². The zero-order valence-corrected chi connectivity index (χ0v) is 15.7. The smallest absolute Gasteiger partial charge is 0.309 e. The maximum atomic E-state index is 12.5. The second-order valence-electron chi connectivity index (χ2n) is 6.74. The van der Waals surface area contributed by atoms with Gasteiger partial charge in [0, 0.05) is 25.2 Å². The Labute approximate surface area is 153 Å². The van der Waals surface area contributed by atoms with E-state index >= 15 is 0 Å². The fraction of sp³-hybridized carbons (Fsp3) is 0.529. The van der Waals surface area contributed by atoms with E-state index in [1.54, 1.807) is 13.8 Å². The molecule has 0 aliphatic carbocycles. The molecule has 0 saturated carbocycles. The number of hydrogen-bond donors (Lipinski definition) is 2. The molecule has 1 amide bonds. The van der Waals surface area contributed by atoms with E-state index in [-0.39, 0.29) is 23.8 Å². The molecule has 0 unspecified atom stereocenters. The van der Waals surface area contributed by atoms with E-state index < -0.39 is 21.4 Å². The first-order valence-electron chi connectivity index (χ1n) is 8.34. The van der Waals surface area contributed by atoms with Crippen LogP contribution in [0.2, 0.25) is 0 Å². The fourth-order valence-electron chi connectivity index (χ4n) is 2.41. The minimum absolute atomic E-state index is 0.128. The fourth-order valence-corrected chi connectivity index (χ4v) is 3.82. The maximum Gasteiger partial charge on any atom is 0.309 e. The van der Waals surface area contributed by atoms with Crippen molar-refractivity contribution in [3.8, 4) is 0 Å². The maximum absolute atomic E-state index is 12.5. The Morgan fingerprint density at radius 2 is 1.77 bits per heavy atom. The van der Waals surface area contributed by atoms with Crippen LogP contribution >= 0.6 is 0 Å². The van der Waals surface area contributed by atoms with Gasteiger partial charge >= 0.3 is 5.97 Å². The Morgan fingerprint density at radius 3 is 2.31 bits per heavy atom. The number of nitrogens with zero attached hydrogens (tertiary/aromatic N) is 1. The van der Waals surface area contributed by atoms with Crippen molar-refractivity contribution in [2.24, 2.45) is 5.41 Å². The van der Waals surface area contributed by atoms with E-state index in [4.69, 9.17) is 9.84 Å². The van der Waals surface area contributed by atoms with Crippen LogP contribution in [0.5, 0.6) is 0 Å². The van der Waals surface area contributed by atoms with Crippen LogP contribution in [0, 0.1) is 5.41 Å². The molecule has 1 aliphatic rings. The summed E-state index contributed by atoms with van der Waals surface area (Å²) in [7, 11) is -3.59. The molecule has 0 bridgehead atoms. The highest BCUT2D eigenvalue weighted by atomic mass is 32.2. The number of rotatable bonds is 7. The van der Waals surface area contributed by atoms with Crippen molar-refractivity contribution in [3.05, 3.63) is 29.8 Å². The van der Waals surface area contributed by atoms with Crippen LogP contribution < -0.4 is 5.32 Å². The molecule has 8 nitrogen and oxygen atoms in total. The number of hydrogen-bond acceptors (Lipinski definition) is 5. The summed E-state index contributed by atoms with van der Waals surface area (Å²) in [6, 6.07) is 5.71. The number of carboxylic acid groups (broad SMARTS) is 1. The van der Waals surface area contributed by atoms with E-state index in [1.165, 1.54) is 28.6 Å². The van der Waals surface area contributed by atoms with Crippen molar-refractivity contribution in [3.63, 3.8) is 0 Å². The van der Waals surface area contributed by atoms with Gasteiger partial charge in [0.1, 0.15) is 0 Å². The van der Waals surface area contributed by atoms with Gasteiger partial charge in [-0.15, -0.1) is 0 Å². The zero-order chi connectivity index (χ0) is 19.4. The lowest BCUT2D eigenvalue weighted by Gasteiger charge is -2.26. The van der Waals surface area contributed by atoms with Crippen molar-refractivity contribution in [1.82, 2.24) is 9.62 Å². The number of ether oxygens (including phenoxy) is 1. The van der Waals surface area contributed by atoms with Crippen LogP contribution in [0.15, 0.2) is 29.2 Å². The molecular formula is C17H24N2O6S. The Morgan fingerprint density at radius 1 is 1.19 bits per heavy atom. The predicted molar refractivity (Wildman–Crippen MR) is 94.4 cm³/mol. The van der Waals surface area contributed by atoms with Crippen molar-refractivity contribution in [2.75, 3.05) is 32.8 Å². The summed E-state index contributed by atoms with van der Waals surface area (Å²) >= 11 is 0. The monoisotopic (exact) mass is 384 g/mol. The molecule has 1 aromatic carbocycles. The largest absolute Gasteiger partial charge is 0.481 e. The van der Waals surface area contributed by atoms with Crippen molar-refractivity contribution >= 4 is 21.9 Å². The molecule has 1 heterocycles. The number of sulfonamides is 1. The number of benzene rings is 1. The van der Waals surface area contributed by atoms with Crippen LogP contribution in [0.25, 0.3) is 0 Å². The average Bonchev–Trinajstić information content (AvgIpc) is 2.62. The first-order valence-corrected chi connectivity index (χ1v) is 9.78. The molecule has 144 valence electrons. The Hall–Kier alpha value is -1.97. The van der Waals surface area contributed by atoms with Crippen LogP contribution in [-0.2, 0) is 19.6 Å². The molecule has 1 aliphatic heterocycles. The van der Waals surface area contributed by atoms with E-state index in [0.29, 0.717) is 31.9 Å². The van der Waals surface area contributed by atoms with Crippen molar-refractivity contribution < 1.29 is 27.9 Å². The first kappa shape index (κ1) is 20.3. The Balaban J connectivity index is 1.98. The number of nitrogens with one attached hydrogen (secondary N) is 1. The van der Waals surface area contributed by atoms with E-state index in [0.717, 1.165) is 0 Å². The molecule has 0 radical (unpaired) electrons. The lowest BCUT2D eigenvalue weighted by atomic mass is 9.90. The minimum Gasteiger partial charge on any atom is -0.481 e. The SMILES string of the molecule is CC(C)(CCNC(=O)c1ccc(S(=O)(=O)N2CCOCC2)cc1)C(=O)O. The number of carbonyl (C=O) groups excluding carboxylic acids is 1. The van der Waals surface area contributed by atoms with Gasteiger partial charge in [0.25, 0.3) is 5.91 Å². The summed E-state index contributed by atoms with van der Waals surface area (Å²) in [6.07, 6.45) is 0.289. The third kappa shape index (κ3) is 4.80. The highest BCUT2D eigenvalue weighted by Crippen LogP contribution is 2.20. The second kappa shape index (κ2) is 8.15. The van der Waals surface area contributed by atoms with Crippen molar-refractivity contribution in [2.45, 2.75) is 25.2 Å². The molecule has 2 N–H and O–H groups in total. The molecule has 0 aromatic heterocycles. The normalized spacial score (nSPS) is 16.2. The first-order chi connectivity index (χ1) is 12.1. The van der Waals surface area contributed by atoms with Gasteiger partial charge in [-0.05, 0) is 44.5 Å². The van der Waals surface area contributed by atoms with E-state index in [1.807, 2.05) is 0 Å². The van der Waals surface area contributed by atoms with E-state index in [2.05, 4.69) is 5.32 Å². The molecule has 1 saturated heterocycles.